The van der Waals surface area contributed by atoms with Crippen LogP contribution < -0.4 is 9.91 Å². The van der Waals surface area contributed by atoms with Crippen molar-refractivity contribution >= 4 is 59.1 Å². The van der Waals surface area contributed by atoms with Crippen molar-refractivity contribution in [2.24, 2.45) is 11.0 Å². The highest BCUT2D eigenvalue weighted by molar-refractivity contribution is 9.10. The minimum absolute atomic E-state index is 0.0197. The quantitative estimate of drug-likeness (QED) is 0.192. The van der Waals surface area contributed by atoms with Crippen molar-refractivity contribution in [1.82, 2.24) is 4.90 Å². The number of rotatable bonds is 8. The van der Waals surface area contributed by atoms with Crippen molar-refractivity contribution in [1.29, 1.82) is 0 Å². The number of amides is 3. The molecule has 1 saturated heterocycles. The first-order chi connectivity index (χ1) is 26.4. The smallest absolute Gasteiger partial charge is 0.264 e. The van der Waals surface area contributed by atoms with Crippen molar-refractivity contribution < 1.29 is 29.0 Å². The Hall–Kier alpha value is -4.46. The maximum Gasteiger partial charge on any atom is 0.264 e. The molecule has 284 valence electrons. The molecular weight excluding hydrogens is 776 g/mol. The molecule has 0 aliphatic carbocycles. The van der Waals surface area contributed by atoms with Crippen LogP contribution in [0.2, 0.25) is 18.6 Å². The normalized spacial score (nSPS) is 25.0. The van der Waals surface area contributed by atoms with Gasteiger partial charge in [-0.2, -0.15) is 5.10 Å². The molecule has 0 radical (unpaired) electrons. The molecule has 8 rings (SSSR count). The van der Waals surface area contributed by atoms with E-state index in [1.165, 1.54) is 5.01 Å². The van der Waals surface area contributed by atoms with Crippen molar-refractivity contribution in [3.8, 4) is 0 Å². The number of aliphatic hydroxyl groups is 1. The lowest BCUT2D eigenvalue weighted by molar-refractivity contribution is -0.151. The number of anilines is 2. The number of aliphatic hydroxyl groups excluding tert-OH is 1. The fourth-order valence-electron chi connectivity index (χ4n) is 9.26. The summed E-state index contributed by atoms with van der Waals surface area (Å²) in [7, 11) is -3.03. The van der Waals surface area contributed by atoms with Crippen LogP contribution in [0.3, 0.4) is 0 Å². The fourth-order valence-corrected chi connectivity index (χ4v) is 12.2. The first-order valence-electron chi connectivity index (χ1n) is 18.9. The van der Waals surface area contributed by atoms with E-state index in [0.717, 1.165) is 32.4 Å². The van der Waals surface area contributed by atoms with Gasteiger partial charge in [-0.3, -0.25) is 14.4 Å². The maximum absolute atomic E-state index is 15.0. The van der Waals surface area contributed by atoms with E-state index in [1.807, 2.05) is 117 Å². The number of hydrazone groups is 1. The summed E-state index contributed by atoms with van der Waals surface area (Å²) in [5.74, 6) is -0.928. The number of benzene rings is 4. The molecular formula is C43H45BrN4O6Si. The number of carbonyl (C=O) groups is 3. The number of nitrogens with zero attached hydrogens (tertiary/aromatic N) is 4. The van der Waals surface area contributed by atoms with Gasteiger partial charge in [0, 0.05) is 40.9 Å². The summed E-state index contributed by atoms with van der Waals surface area (Å²) in [6.45, 7) is 6.13. The predicted molar refractivity (Wildman–Crippen MR) is 217 cm³/mol. The number of halogens is 1. The Morgan fingerprint density at radius 1 is 0.964 bits per heavy atom. The third kappa shape index (κ3) is 6.67. The highest BCUT2D eigenvalue weighted by atomic mass is 79.9. The molecule has 0 saturated carbocycles. The third-order valence-electron chi connectivity index (χ3n) is 11.9. The molecule has 0 bridgehead atoms. The zero-order valence-corrected chi connectivity index (χ0v) is 33.8. The Labute approximate surface area is 330 Å². The zero-order chi connectivity index (χ0) is 38.6. The van der Waals surface area contributed by atoms with E-state index >= 15 is 4.79 Å². The average Bonchev–Trinajstić information content (AvgIpc) is 3.60. The van der Waals surface area contributed by atoms with Gasteiger partial charge < -0.3 is 24.4 Å². The van der Waals surface area contributed by atoms with Gasteiger partial charge in [-0.15, -0.1) is 0 Å². The molecule has 1 spiro atoms. The van der Waals surface area contributed by atoms with Crippen LogP contribution in [0.4, 0.5) is 11.4 Å². The lowest BCUT2D eigenvalue weighted by Gasteiger charge is -2.37. The highest BCUT2D eigenvalue weighted by Crippen LogP contribution is 2.60. The molecule has 4 aromatic rings. The second-order valence-electron chi connectivity index (χ2n) is 15.7. The monoisotopic (exact) mass is 820 g/mol. The number of fused-ring (bicyclic) bond motifs is 3. The van der Waals surface area contributed by atoms with E-state index < -0.39 is 31.5 Å². The first-order valence-corrected chi connectivity index (χ1v) is 22.7. The van der Waals surface area contributed by atoms with Crippen LogP contribution in [0.5, 0.6) is 0 Å². The molecule has 0 unspecified atom stereocenters. The van der Waals surface area contributed by atoms with Gasteiger partial charge in [0.1, 0.15) is 0 Å². The number of carbonyl (C=O) groups excluding carboxylic acids is 3. The van der Waals surface area contributed by atoms with Crippen LogP contribution in [-0.2, 0) is 44.2 Å². The molecule has 5 atom stereocenters. The molecule has 10 nitrogen and oxygen atoms in total. The zero-order valence-electron chi connectivity index (χ0n) is 31.2. The van der Waals surface area contributed by atoms with Gasteiger partial charge in [-0.05, 0) is 72.1 Å². The van der Waals surface area contributed by atoms with Crippen molar-refractivity contribution in [3.63, 3.8) is 0 Å². The summed E-state index contributed by atoms with van der Waals surface area (Å²) < 4.78 is 7.76. The van der Waals surface area contributed by atoms with Crippen LogP contribution >= 0.6 is 15.9 Å². The lowest BCUT2D eigenvalue weighted by Crippen LogP contribution is -2.48. The summed E-state index contributed by atoms with van der Waals surface area (Å²) in [5, 5.41) is 16.5. The summed E-state index contributed by atoms with van der Waals surface area (Å²) in [4.78, 5) is 57.4. The summed E-state index contributed by atoms with van der Waals surface area (Å²) in [6.07, 6.45) is 0.756. The molecule has 0 aromatic heterocycles. The van der Waals surface area contributed by atoms with E-state index in [9.17, 15) is 19.5 Å². The van der Waals surface area contributed by atoms with Crippen molar-refractivity contribution in [2.45, 2.75) is 82.1 Å². The summed E-state index contributed by atoms with van der Waals surface area (Å²) >= 11 is 3.63. The minimum atomic E-state index is -3.03. The molecule has 12 heteroatoms. The molecule has 2 N–H and O–H groups in total. The fraction of sp³-hybridized carbons (Fsp3) is 0.349. The van der Waals surface area contributed by atoms with Gasteiger partial charge in [0.15, 0.2) is 13.9 Å². The summed E-state index contributed by atoms with van der Waals surface area (Å²) in [6, 6.07) is 30.7. The number of ether oxygens (including phenoxy) is 1. The molecule has 4 aromatic carbocycles. The van der Waals surface area contributed by atoms with Crippen LogP contribution in [0.25, 0.3) is 0 Å². The van der Waals surface area contributed by atoms with Crippen LogP contribution in [0.15, 0.2) is 107 Å². The second-order valence-corrected chi connectivity index (χ2v) is 20.6. The molecule has 1 fully saturated rings. The Kier molecular flexibility index (Phi) is 9.91. The number of hydrogen-bond acceptors (Lipinski definition) is 7. The van der Waals surface area contributed by atoms with Crippen LogP contribution in [0, 0.1) is 5.92 Å². The van der Waals surface area contributed by atoms with Gasteiger partial charge in [-0.25, -0.2) is 5.01 Å². The van der Waals surface area contributed by atoms with Gasteiger partial charge >= 0.3 is 0 Å². The topological polar surface area (TPSA) is 123 Å². The lowest BCUT2D eigenvalue weighted by atomic mass is 9.82. The largest absolute Gasteiger partial charge is 0.432 e. The van der Waals surface area contributed by atoms with Crippen molar-refractivity contribution in [3.05, 3.63) is 129 Å². The Morgan fingerprint density at radius 2 is 1.67 bits per heavy atom. The SMILES string of the molecule is C[C@H]1[C@H]([Si](C)(C)O)[C@@H](CC(=O)N2Cc3ccccc3C[C@H]2CO)O[C@]12C(=O)N(Cc1ccc(N3N=C(c4ccccc4)CCC3=O)cc1)c1ccc(Br)cc12. The highest BCUT2D eigenvalue weighted by Gasteiger charge is 2.66. The predicted octanol–water partition coefficient (Wildman–Crippen LogP) is 6.66. The van der Waals surface area contributed by atoms with E-state index in [1.54, 1.807) is 9.80 Å². The van der Waals surface area contributed by atoms with Gasteiger partial charge in [0.2, 0.25) is 11.8 Å². The molecule has 4 aliphatic rings. The van der Waals surface area contributed by atoms with Crippen LogP contribution in [-0.4, -0.2) is 65.3 Å². The number of hydrogen-bond donors (Lipinski definition) is 2. The average molecular weight is 822 g/mol. The first kappa shape index (κ1) is 37.5. The molecule has 4 heterocycles. The summed E-state index contributed by atoms with van der Waals surface area (Å²) in [5.41, 5.74) is 5.07. The van der Waals surface area contributed by atoms with Crippen LogP contribution in [0.1, 0.15) is 54.0 Å². The Balaban J connectivity index is 1.07. The second kappa shape index (κ2) is 14.6. The Morgan fingerprint density at radius 3 is 2.38 bits per heavy atom. The third-order valence-corrected chi connectivity index (χ3v) is 14.9. The van der Waals surface area contributed by atoms with Gasteiger partial charge in [-0.1, -0.05) is 89.6 Å². The van der Waals surface area contributed by atoms with E-state index in [0.29, 0.717) is 42.7 Å². The van der Waals surface area contributed by atoms with Gasteiger partial charge in [0.05, 0.1) is 48.8 Å². The molecule has 3 amide bonds. The van der Waals surface area contributed by atoms with E-state index in [2.05, 4.69) is 15.9 Å². The van der Waals surface area contributed by atoms with Gasteiger partial charge in [0.25, 0.3) is 5.91 Å². The maximum atomic E-state index is 15.0. The Bertz CT molecular complexity index is 2180. The van der Waals surface area contributed by atoms with E-state index in [-0.39, 0.29) is 43.3 Å². The molecule has 55 heavy (non-hydrogen) atoms. The van der Waals surface area contributed by atoms with E-state index in [4.69, 9.17) is 9.84 Å². The molecule has 4 aliphatic heterocycles. The van der Waals surface area contributed by atoms with Crippen molar-refractivity contribution in [2.75, 3.05) is 16.5 Å². The standard InChI is InChI=1S/C43H45BrN4O6Si/c1-27-41(55(2,3)53)38(23-40(51)46-25-31-12-8-7-11-30(31)21-34(46)26-49)54-43(27)35-22-32(44)15-19-37(35)47(42(43)52)24-28-13-16-33(17-14-28)48-39(50)20-18-36(45-48)29-9-5-4-6-10-29/h4-17,19,22,27,34,38,41,49,53H,18,20-21,23-26H2,1-3H3/t27-,34-,38+,41-,43+/m0/s1. The minimum Gasteiger partial charge on any atom is -0.432 e.